The molecule has 0 bridgehead atoms. The van der Waals surface area contributed by atoms with Crippen LogP contribution in [-0.2, 0) is 4.79 Å². The zero-order valence-corrected chi connectivity index (χ0v) is 13.6. The molecule has 0 spiro atoms. The van der Waals surface area contributed by atoms with Crippen LogP contribution in [0.4, 0.5) is 4.79 Å². The lowest BCUT2D eigenvalue weighted by molar-refractivity contribution is -0.125. The molecule has 0 unspecified atom stereocenters. The predicted octanol–water partition coefficient (Wildman–Crippen LogP) is -0.618. The smallest absolute Gasteiger partial charge is 0.324 e. The summed E-state index contributed by atoms with van der Waals surface area (Å²) in [5.74, 6) is -0.127. The molecule has 21 heavy (non-hydrogen) atoms. The molecule has 2 saturated heterocycles. The molecule has 2 aliphatic rings. The number of β-amino-alcohol motifs (C(OH)–C–C–N with tert-alkyl or cyclic N) is 1. The number of urea groups is 1. The van der Waals surface area contributed by atoms with E-state index in [-0.39, 0.29) is 49.9 Å². The third-order valence-corrected chi connectivity index (χ3v) is 3.67. The molecular weight excluding hydrogens is 319 g/mol. The van der Waals surface area contributed by atoms with Gasteiger partial charge in [-0.25, -0.2) is 4.79 Å². The SMILES string of the molecule is Cl.Cl.O=C1CNC(=O)N1CCCN1CCN(CCO)CC1. The lowest BCUT2D eigenvalue weighted by Gasteiger charge is -2.34. The van der Waals surface area contributed by atoms with E-state index in [9.17, 15) is 9.59 Å². The van der Waals surface area contributed by atoms with Crippen LogP contribution in [0.15, 0.2) is 0 Å². The Morgan fingerprint density at radius 3 is 2.00 bits per heavy atom. The second kappa shape index (κ2) is 10.2. The molecule has 124 valence electrons. The maximum absolute atomic E-state index is 11.4. The highest BCUT2D eigenvalue weighted by atomic mass is 35.5. The zero-order valence-electron chi connectivity index (χ0n) is 12.0. The van der Waals surface area contributed by atoms with Crippen LogP contribution in [0, 0.1) is 0 Å². The third-order valence-electron chi connectivity index (χ3n) is 3.67. The van der Waals surface area contributed by atoms with Gasteiger partial charge < -0.3 is 15.3 Å². The molecule has 2 rings (SSSR count). The van der Waals surface area contributed by atoms with Gasteiger partial charge in [-0.3, -0.25) is 14.6 Å². The maximum Gasteiger partial charge on any atom is 0.324 e. The van der Waals surface area contributed by atoms with Gasteiger partial charge in [-0.1, -0.05) is 0 Å². The average molecular weight is 343 g/mol. The molecular formula is C12H24Cl2N4O3. The normalized spacial score (nSPS) is 20.0. The van der Waals surface area contributed by atoms with E-state index >= 15 is 0 Å². The summed E-state index contributed by atoms with van der Waals surface area (Å²) in [6.07, 6.45) is 0.819. The lowest BCUT2D eigenvalue weighted by Crippen LogP contribution is -2.47. The Hall–Kier alpha value is -0.600. The Labute approximate surface area is 137 Å². The van der Waals surface area contributed by atoms with Crippen molar-refractivity contribution >= 4 is 36.8 Å². The molecule has 2 heterocycles. The number of aliphatic hydroxyl groups is 1. The monoisotopic (exact) mass is 342 g/mol. The molecule has 2 N–H and O–H groups in total. The number of halogens is 2. The first-order valence-corrected chi connectivity index (χ1v) is 6.84. The summed E-state index contributed by atoms with van der Waals surface area (Å²) in [5.41, 5.74) is 0. The first-order valence-electron chi connectivity index (χ1n) is 6.84. The van der Waals surface area contributed by atoms with Crippen molar-refractivity contribution in [1.82, 2.24) is 20.0 Å². The Kier molecular flexibility index (Phi) is 9.89. The van der Waals surface area contributed by atoms with Gasteiger partial charge in [0.15, 0.2) is 0 Å². The van der Waals surface area contributed by atoms with Crippen LogP contribution >= 0.6 is 24.8 Å². The van der Waals surface area contributed by atoms with Crippen molar-refractivity contribution in [2.75, 3.05) is 59.0 Å². The fourth-order valence-electron chi connectivity index (χ4n) is 2.51. The topological polar surface area (TPSA) is 76.1 Å². The minimum atomic E-state index is -0.266. The van der Waals surface area contributed by atoms with E-state index in [2.05, 4.69) is 15.1 Å². The number of nitrogens with zero attached hydrogens (tertiary/aromatic N) is 3. The Morgan fingerprint density at radius 1 is 0.952 bits per heavy atom. The van der Waals surface area contributed by atoms with Crippen LogP contribution in [0.3, 0.4) is 0 Å². The second-order valence-electron chi connectivity index (χ2n) is 4.96. The van der Waals surface area contributed by atoms with Gasteiger partial charge in [0, 0.05) is 39.3 Å². The molecule has 0 aliphatic carbocycles. The molecule has 0 saturated carbocycles. The Morgan fingerprint density at radius 2 is 1.52 bits per heavy atom. The van der Waals surface area contributed by atoms with E-state index in [1.54, 1.807) is 0 Å². The number of rotatable bonds is 6. The summed E-state index contributed by atoms with van der Waals surface area (Å²) >= 11 is 0. The van der Waals surface area contributed by atoms with Crippen LogP contribution in [0.5, 0.6) is 0 Å². The summed E-state index contributed by atoms with van der Waals surface area (Å²) in [6, 6.07) is -0.266. The number of nitrogens with one attached hydrogen (secondary N) is 1. The number of hydrogen-bond donors (Lipinski definition) is 2. The van der Waals surface area contributed by atoms with E-state index in [1.165, 1.54) is 4.90 Å². The highest BCUT2D eigenvalue weighted by Gasteiger charge is 2.27. The van der Waals surface area contributed by atoms with Gasteiger partial charge in [0.1, 0.15) is 0 Å². The molecule has 0 aromatic carbocycles. The molecule has 0 aromatic rings. The fraction of sp³-hybridized carbons (Fsp3) is 0.833. The standard InChI is InChI=1S/C12H22N4O3.2ClH/c17-9-8-15-6-4-14(5-7-15)2-1-3-16-11(18)10-13-12(16)19;;/h17H,1-10H2,(H,13,19);2*1H. The van der Waals surface area contributed by atoms with Crippen LogP contribution in [0.1, 0.15) is 6.42 Å². The van der Waals surface area contributed by atoms with Crippen molar-refractivity contribution < 1.29 is 14.7 Å². The van der Waals surface area contributed by atoms with Crippen LogP contribution in [0.25, 0.3) is 0 Å². The summed E-state index contributed by atoms with van der Waals surface area (Å²) in [5, 5.41) is 11.4. The molecule has 3 amide bonds. The number of carbonyl (C=O) groups excluding carboxylic acids is 2. The number of carbonyl (C=O) groups is 2. The molecule has 7 nitrogen and oxygen atoms in total. The zero-order chi connectivity index (χ0) is 13.7. The molecule has 9 heteroatoms. The first kappa shape index (κ1) is 20.4. The predicted molar refractivity (Wildman–Crippen MR) is 84.2 cm³/mol. The van der Waals surface area contributed by atoms with Gasteiger partial charge in [0.2, 0.25) is 5.91 Å². The number of amides is 3. The summed E-state index contributed by atoms with van der Waals surface area (Å²) < 4.78 is 0. The number of aliphatic hydroxyl groups excluding tert-OH is 1. The summed E-state index contributed by atoms with van der Waals surface area (Å²) in [6.45, 7) is 6.43. The van der Waals surface area contributed by atoms with Crippen LogP contribution < -0.4 is 5.32 Å². The molecule has 2 aliphatic heterocycles. The minimum Gasteiger partial charge on any atom is -0.395 e. The number of imide groups is 1. The largest absolute Gasteiger partial charge is 0.395 e. The Bertz CT molecular complexity index is 322. The van der Waals surface area contributed by atoms with E-state index in [0.29, 0.717) is 6.54 Å². The number of hydrogen-bond acceptors (Lipinski definition) is 5. The van der Waals surface area contributed by atoms with E-state index in [1.807, 2.05) is 0 Å². The summed E-state index contributed by atoms with van der Waals surface area (Å²) in [7, 11) is 0. The van der Waals surface area contributed by atoms with E-state index in [4.69, 9.17) is 5.11 Å². The number of piperazine rings is 1. The highest BCUT2D eigenvalue weighted by Crippen LogP contribution is 2.04. The van der Waals surface area contributed by atoms with E-state index in [0.717, 1.165) is 45.7 Å². The third kappa shape index (κ3) is 5.96. The van der Waals surface area contributed by atoms with E-state index < -0.39 is 0 Å². The van der Waals surface area contributed by atoms with Crippen molar-refractivity contribution in [3.8, 4) is 0 Å². The van der Waals surface area contributed by atoms with Crippen molar-refractivity contribution in [3.63, 3.8) is 0 Å². The second-order valence-corrected chi connectivity index (χ2v) is 4.96. The molecule has 2 fully saturated rings. The van der Waals surface area contributed by atoms with Crippen molar-refractivity contribution in [3.05, 3.63) is 0 Å². The highest BCUT2D eigenvalue weighted by molar-refractivity contribution is 6.01. The quantitative estimate of drug-likeness (QED) is 0.629. The van der Waals surface area contributed by atoms with Crippen LogP contribution in [0.2, 0.25) is 0 Å². The van der Waals surface area contributed by atoms with Gasteiger partial charge in [0.25, 0.3) is 0 Å². The molecule has 0 radical (unpaired) electrons. The maximum atomic E-state index is 11.4. The van der Waals surface area contributed by atoms with Crippen molar-refractivity contribution in [2.45, 2.75) is 6.42 Å². The lowest BCUT2D eigenvalue weighted by atomic mass is 10.3. The minimum absolute atomic E-state index is 0. The van der Waals surface area contributed by atoms with Crippen LogP contribution in [-0.4, -0.2) is 90.7 Å². The van der Waals surface area contributed by atoms with Gasteiger partial charge in [0.05, 0.1) is 13.2 Å². The fourth-order valence-corrected chi connectivity index (χ4v) is 2.51. The Balaban J connectivity index is 0.00000200. The molecule has 0 aromatic heterocycles. The molecule has 0 atom stereocenters. The van der Waals surface area contributed by atoms with Gasteiger partial charge >= 0.3 is 6.03 Å². The van der Waals surface area contributed by atoms with Crippen molar-refractivity contribution in [2.24, 2.45) is 0 Å². The first-order chi connectivity index (χ1) is 9.20. The summed E-state index contributed by atoms with van der Waals surface area (Å²) in [4.78, 5) is 28.6. The van der Waals surface area contributed by atoms with Crippen molar-refractivity contribution in [1.29, 1.82) is 0 Å². The van der Waals surface area contributed by atoms with Gasteiger partial charge in [-0.05, 0) is 13.0 Å². The average Bonchev–Trinajstić information content (AvgIpc) is 2.73. The van der Waals surface area contributed by atoms with Gasteiger partial charge in [-0.15, -0.1) is 24.8 Å². The van der Waals surface area contributed by atoms with Gasteiger partial charge in [-0.2, -0.15) is 0 Å².